The van der Waals surface area contributed by atoms with Gasteiger partial charge in [0.05, 0.1) is 0 Å². The SMILES string of the molecule is CCC1CCCC(NS(=O)(=O)c2nnc(N)s2)C1. The van der Waals surface area contributed by atoms with Crippen LogP contribution in [0.5, 0.6) is 0 Å². The van der Waals surface area contributed by atoms with Crippen LogP contribution in [0.25, 0.3) is 0 Å². The van der Waals surface area contributed by atoms with E-state index in [1.807, 2.05) is 0 Å². The summed E-state index contributed by atoms with van der Waals surface area (Å²) in [6.45, 7) is 2.15. The maximum absolute atomic E-state index is 12.0. The molecule has 18 heavy (non-hydrogen) atoms. The summed E-state index contributed by atoms with van der Waals surface area (Å²) in [6.07, 6.45) is 5.17. The van der Waals surface area contributed by atoms with E-state index >= 15 is 0 Å². The molecular formula is C10H18N4O2S2. The van der Waals surface area contributed by atoms with Crippen molar-refractivity contribution < 1.29 is 8.42 Å². The van der Waals surface area contributed by atoms with Crippen LogP contribution in [0.2, 0.25) is 0 Å². The Balaban J connectivity index is 2.04. The van der Waals surface area contributed by atoms with Crippen LogP contribution in [0.3, 0.4) is 0 Å². The van der Waals surface area contributed by atoms with Crippen molar-refractivity contribution in [3.05, 3.63) is 0 Å². The fourth-order valence-electron chi connectivity index (χ4n) is 2.37. The Morgan fingerprint density at radius 2 is 2.22 bits per heavy atom. The second-order valence-corrected chi connectivity index (χ2v) is 7.56. The minimum atomic E-state index is -3.56. The summed E-state index contributed by atoms with van der Waals surface area (Å²) in [6, 6.07) is 0.0128. The second-order valence-electron chi connectivity index (χ2n) is 4.67. The van der Waals surface area contributed by atoms with Crippen LogP contribution in [0.1, 0.15) is 39.0 Å². The zero-order chi connectivity index (χ0) is 13.2. The van der Waals surface area contributed by atoms with Crippen LogP contribution in [-0.4, -0.2) is 24.7 Å². The standard InChI is InChI=1S/C10H18N4O2S2/c1-2-7-4-3-5-8(6-7)14-18(15,16)10-13-12-9(11)17-10/h7-8,14H,2-6H2,1H3,(H2,11,12). The molecule has 0 aliphatic heterocycles. The van der Waals surface area contributed by atoms with Crippen LogP contribution < -0.4 is 10.5 Å². The molecule has 0 bridgehead atoms. The predicted molar refractivity (Wildman–Crippen MR) is 70.7 cm³/mol. The van der Waals surface area contributed by atoms with Gasteiger partial charge in [-0.25, -0.2) is 13.1 Å². The molecule has 102 valence electrons. The summed E-state index contributed by atoms with van der Waals surface area (Å²) in [7, 11) is -3.56. The number of nitrogens with one attached hydrogen (secondary N) is 1. The summed E-state index contributed by atoms with van der Waals surface area (Å²) in [4.78, 5) is 0. The van der Waals surface area contributed by atoms with Crippen LogP contribution in [0, 0.1) is 5.92 Å². The molecule has 1 fully saturated rings. The van der Waals surface area contributed by atoms with Gasteiger partial charge in [-0.15, -0.1) is 10.2 Å². The normalized spacial score (nSPS) is 25.2. The maximum atomic E-state index is 12.0. The molecule has 2 atom stereocenters. The number of hydrogen-bond acceptors (Lipinski definition) is 6. The monoisotopic (exact) mass is 290 g/mol. The lowest BCUT2D eigenvalue weighted by Gasteiger charge is -2.28. The van der Waals surface area contributed by atoms with E-state index in [1.165, 1.54) is 6.42 Å². The van der Waals surface area contributed by atoms with Gasteiger partial charge in [0.15, 0.2) is 0 Å². The largest absolute Gasteiger partial charge is 0.374 e. The fourth-order valence-corrected chi connectivity index (χ4v) is 4.45. The van der Waals surface area contributed by atoms with Crippen LogP contribution in [-0.2, 0) is 10.0 Å². The fraction of sp³-hybridized carbons (Fsp3) is 0.800. The molecular weight excluding hydrogens is 272 g/mol. The quantitative estimate of drug-likeness (QED) is 0.872. The number of nitrogens with zero attached hydrogens (tertiary/aromatic N) is 2. The highest BCUT2D eigenvalue weighted by Crippen LogP contribution is 2.28. The van der Waals surface area contributed by atoms with Crippen molar-refractivity contribution in [1.29, 1.82) is 0 Å². The van der Waals surface area contributed by atoms with Crippen molar-refractivity contribution in [2.75, 3.05) is 5.73 Å². The zero-order valence-corrected chi connectivity index (χ0v) is 11.9. The lowest BCUT2D eigenvalue weighted by atomic mass is 9.85. The average Bonchev–Trinajstić information content (AvgIpc) is 2.76. The number of rotatable bonds is 4. The van der Waals surface area contributed by atoms with Gasteiger partial charge in [0.25, 0.3) is 10.0 Å². The minimum absolute atomic E-state index is 0.0128. The molecule has 2 rings (SSSR count). The Kier molecular flexibility index (Phi) is 4.18. The molecule has 1 aromatic rings. The molecule has 2 unspecified atom stereocenters. The summed E-state index contributed by atoms with van der Waals surface area (Å²) in [5.41, 5.74) is 5.40. The molecule has 1 aromatic heterocycles. The lowest BCUT2D eigenvalue weighted by Crippen LogP contribution is -2.38. The Morgan fingerprint density at radius 1 is 1.44 bits per heavy atom. The van der Waals surface area contributed by atoms with Crippen LogP contribution in [0.4, 0.5) is 5.13 Å². The second kappa shape index (κ2) is 5.50. The Labute approximate surface area is 111 Å². The van der Waals surface area contributed by atoms with Gasteiger partial charge in [-0.1, -0.05) is 37.5 Å². The number of anilines is 1. The van der Waals surface area contributed by atoms with Gasteiger partial charge in [-0.2, -0.15) is 0 Å². The van der Waals surface area contributed by atoms with E-state index in [4.69, 9.17) is 5.73 Å². The molecule has 1 aliphatic carbocycles. The summed E-state index contributed by atoms with van der Waals surface area (Å²) < 4.78 is 26.8. The predicted octanol–water partition coefficient (Wildman–Crippen LogP) is 1.37. The van der Waals surface area contributed by atoms with E-state index in [2.05, 4.69) is 21.8 Å². The number of hydrogen-bond donors (Lipinski definition) is 2. The number of nitrogen functional groups attached to an aromatic ring is 1. The summed E-state index contributed by atoms with van der Waals surface area (Å²) in [5, 5.41) is 7.29. The van der Waals surface area contributed by atoms with Gasteiger partial charge in [0, 0.05) is 6.04 Å². The first-order valence-electron chi connectivity index (χ1n) is 6.12. The third kappa shape index (κ3) is 3.18. The lowest BCUT2D eigenvalue weighted by molar-refractivity contribution is 0.301. The van der Waals surface area contributed by atoms with Crippen molar-refractivity contribution in [3.8, 4) is 0 Å². The summed E-state index contributed by atoms with van der Waals surface area (Å²) in [5.74, 6) is 0.617. The molecule has 0 saturated heterocycles. The molecule has 8 heteroatoms. The van der Waals surface area contributed by atoms with Gasteiger partial charge in [-0.3, -0.25) is 0 Å². The van der Waals surface area contributed by atoms with E-state index < -0.39 is 10.0 Å². The summed E-state index contributed by atoms with van der Waals surface area (Å²) >= 11 is 0.895. The Hall–Kier alpha value is -0.730. The van der Waals surface area contributed by atoms with Crippen molar-refractivity contribution in [1.82, 2.24) is 14.9 Å². The van der Waals surface area contributed by atoms with Gasteiger partial charge >= 0.3 is 0 Å². The third-order valence-electron chi connectivity index (χ3n) is 3.33. The highest BCUT2D eigenvalue weighted by atomic mass is 32.2. The zero-order valence-electron chi connectivity index (χ0n) is 10.3. The van der Waals surface area contributed by atoms with Crippen molar-refractivity contribution in [2.45, 2.75) is 49.4 Å². The maximum Gasteiger partial charge on any atom is 0.270 e. The van der Waals surface area contributed by atoms with E-state index in [0.29, 0.717) is 5.92 Å². The van der Waals surface area contributed by atoms with Gasteiger partial charge in [0.1, 0.15) is 0 Å². The van der Waals surface area contributed by atoms with Gasteiger partial charge in [0.2, 0.25) is 9.47 Å². The van der Waals surface area contributed by atoms with Gasteiger partial charge < -0.3 is 5.73 Å². The molecule has 0 aromatic carbocycles. The Morgan fingerprint density at radius 3 is 2.83 bits per heavy atom. The van der Waals surface area contributed by atoms with Crippen molar-refractivity contribution >= 4 is 26.5 Å². The topological polar surface area (TPSA) is 98.0 Å². The molecule has 0 spiro atoms. The van der Waals surface area contributed by atoms with Crippen molar-refractivity contribution in [3.63, 3.8) is 0 Å². The molecule has 1 aliphatic rings. The molecule has 6 nitrogen and oxygen atoms in total. The first-order valence-corrected chi connectivity index (χ1v) is 8.42. The van der Waals surface area contributed by atoms with E-state index in [0.717, 1.165) is 37.0 Å². The number of nitrogens with two attached hydrogens (primary N) is 1. The minimum Gasteiger partial charge on any atom is -0.374 e. The third-order valence-corrected chi connectivity index (χ3v) is 5.97. The smallest absolute Gasteiger partial charge is 0.270 e. The van der Waals surface area contributed by atoms with E-state index in [1.54, 1.807) is 0 Å². The highest BCUT2D eigenvalue weighted by molar-refractivity contribution is 7.91. The molecule has 0 amide bonds. The van der Waals surface area contributed by atoms with Crippen LogP contribution >= 0.6 is 11.3 Å². The first kappa shape index (κ1) is 13.7. The Bertz CT molecular complexity index is 500. The molecule has 3 N–H and O–H groups in total. The number of sulfonamides is 1. The molecule has 1 saturated carbocycles. The number of aromatic nitrogens is 2. The van der Waals surface area contributed by atoms with Crippen molar-refractivity contribution in [2.24, 2.45) is 5.92 Å². The van der Waals surface area contributed by atoms with Crippen LogP contribution in [0.15, 0.2) is 4.34 Å². The first-order chi connectivity index (χ1) is 8.51. The molecule has 0 radical (unpaired) electrons. The average molecular weight is 290 g/mol. The van der Waals surface area contributed by atoms with E-state index in [-0.39, 0.29) is 15.5 Å². The highest BCUT2D eigenvalue weighted by Gasteiger charge is 2.27. The van der Waals surface area contributed by atoms with E-state index in [9.17, 15) is 8.42 Å². The molecule has 1 heterocycles. The van der Waals surface area contributed by atoms with Gasteiger partial charge in [-0.05, 0) is 18.8 Å².